The third-order valence-corrected chi connectivity index (χ3v) is 6.00. The zero-order chi connectivity index (χ0) is 20.1. The summed E-state index contributed by atoms with van der Waals surface area (Å²) in [6.45, 7) is 0.998. The van der Waals surface area contributed by atoms with E-state index < -0.39 is 0 Å². The van der Waals surface area contributed by atoms with Crippen LogP contribution in [0.4, 0.5) is 0 Å². The number of hydrogen-bond acceptors (Lipinski definition) is 4. The van der Waals surface area contributed by atoms with E-state index in [2.05, 4.69) is 10.6 Å². The van der Waals surface area contributed by atoms with E-state index in [0.29, 0.717) is 49.1 Å². The fraction of sp³-hybridized carbons (Fsp3) is 0.458. The lowest BCUT2D eigenvalue weighted by molar-refractivity contribution is -0.122. The molecule has 2 heterocycles. The monoisotopic (exact) mass is 394 g/mol. The first-order valence-corrected chi connectivity index (χ1v) is 10.6. The van der Waals surface area contributed by atoms with Crippen molar-refractivity contribution in [1.29, 1.82) is 0 Å². The molecule has 2 fully saturated rings. The first kappa shape index (κ1) is 19.8. The van der Waals surface area contributed by atoms with Crippen LogP contribution in [0.1, 0.15) is 43.2 Å². The quantitative estimate of drug-likeness (QED) is 0.715. The maximum absolute atomic E-state index is 12.4. The normalized spacial score (nSPS) is 22.9. The van der Waals surface area contributed by atoms with E-state index in [4.69, 9.17) is 9.47 Å². The van der Waals surface area contributed by atoms with Gasteiger partial charge >= 0.3 is 0 Å². The van der Waals surface area contributed by atoms with Gasteiger partial charge < -0.3 is 20.1 Å². The predicted molar refractivity (Wildman–Crippen MR) is 113 cm³/mol. The molecule has 2 aromatic carbocycles. The second kappa shape index (κ2) is 9.31. The van der Waals surface area contributed by atoms with Gasteiger partial charge in [-0.1, -0.05) is 36.4 Å². The van der Waals surface area contributed by atoms with Crippen molar-refractivity contribution < 1.29 is 14.3 Å². The number of rotatable bonds is 8. The van der Waals surface area contributed by atoms with E-state index >= 15 is 0 Å². The number of ether oxygens (including phenoxy) is 2. The first-order valence-electron chi connectivity index (χ1n) is 10.6. The van der Waals surface area contributed by atoms with Gasteiger partial charge in [0.05, 0.1) is 7.11 Å². The second-order valence-electron chi connectivity index (χ2n) is 8.22. The molecule has 0 radical (unpaired) electrons. The number of benzene rings is 2. The molecule has 0 saturated carbocycles. The smallest absolute Gasteiger partial charge is 0.220 e. The maximum atomic E-state index is 12.4. The Morgan fingerprint density at radius 3 is 2.52 bits per heavy atom. The molecule has 2 aliphatic rings. The van der Waals surface area contributed by atoms with Gasteiger partial charge in [-0.15, -0.1) is 0 Å². The molecule has 4 rings (SSSR count). The summed E-state index contributed by atoms with van der Waals surface area (Å²) in [6, 6.07) is 17.1. The molecule has 5 nitrogen and oxygen atoms in total. The molecule has 0 aliphatic carbocycles. The van der Waals surface area contributed by atoms with Gasteiger partial charge in [-0.05, 0) is 54.9 Å². The molecule has 0 aromatic heterocycles. The Kier molecular flexibility index (Phi) is 6.35. The van der Waals surface area contributed by atoms with E-state index in [9.17, 15) is 4.79 Å². The average molecular weight is 395 g/mol. The fourth-order valence-electron chi connectivity index (χ4n) is 4.55. The summed E-state index contributed by atoms with van der Waals surface area (Å²) >= 11 is 0. The minimum atomic E-state index is 0.139. The van der Waals surface area contributed by atoms with Crippen LogP contribution in [0.3, 0.4) is 0 Å². The van der Waals surface area contributed by atoms with Gasteiger partial charge in [-0.2, -0.15) is 0 Å². The molecule has 1 amide bonds. The minimum absolute atomic E-state index is 0.139. The van der Waals surface area contributed by atoms with Gasteiger partial charge in [0.15, 0.2) is 11.5 Å². The molecule has 2 N–H and O–H groups in total. The molecule has 2 aliphatic heterocycles. The highest BCUT2D eigenvalue weighted by molar-refractivity contribution is 5.76. The topological polar surface area (TPSA) is 59.6 Å². The van der Waals surface area contributed by atoms with Crippen molar-refractivity contribution >= 4 is 5.91 Å². The van der Waals surface area contributed by atoms with E-state index in [1.54, 1.807) is 7.11 Å². The molecule has 29 heavy (non-hydrogen) atoms. The summed E-state index contributed by atoms with van der Waals surface area (Å²) < 4.78 is 11.4. The molecule has 2 saturated heterocycles. The average Bonchev–Trinajstić information content (AvgIpc) is 3.09. The zero-order valence-corrected chi connectivity index (χ0v) is 17.0. The third kappa shape index (κ3) is 5.30. The lowest BCUT2D eigenvalue weighted by atomic mass is 9.89. The molecule has 2 atom stereocenters. The van der Waals surface area contributed by atoms with Crippen LogP contribution >= 0.6 is 0 Å². The number of carbonyl (C=O) groups excluding carboxylic acids is 1. The minimum Gasteiger partial charge on any atom is -0.493 e. The number of amides is 1. The largest absolute Gasteiger partial charge is 0.493 e. The Labute approximate surface area is 172 Å². The van der Waals surface area contributed by atoms with Crippen molar-refractivity contribution in [2.45, 2.75) is 57.3 Å². The predicted octanol–water partition coefficient (Wildman–Crippen LogP) is 3.81. The third-order valence-electron chi connectivity index (χ3n) is 6.00. The van der Waals surface area contributed by atoms with E-state index in [1.165, 1.54) is 12.8 Å². The van der Waals surface area contributed by atoms with Crippen molar-refractivity contribution in [3.05, 3.63) is 59.7 Å². The maximum Gasteiger partial charge on any atom is 0.220 e. The number of methoxy groups -OCH3 is 1. The van der Waals surface area contributed by atoms with Crippen molar-refractivity contribution in [2.24, 2.45) is 5.92 Å². The first-order chi connectivity index (χ1) is 14.2. The number of carbonyl (C=O) groups is 1. The van der Waals surface area contributed by atoms with Crippen LogP contribution in [0.5, 0.6) is 11.5 Å². The number of nitrogens with one attached hydrogen (secondary N) is 2. The molecular formula is C24H30N2O3. The van der Waals surface area contributed by atoms with Crippen LogP contribution in [-0.4, -0.2) is 25.1 Å². The van der Waals surface area contributed by atoms with Crippen molar-refractivity contribution in [3.63, 3.8) is 0 Å². The van der Waals surface area contributed by atoms with E-state index in [0.717, 1.165) is 24.0 Å². The van der Waals surface area contributed by atoms with Crippen molar-refractivity contribution in [3.8, 4) is 11.5 Å². The molecule has 2 unspecified atom stereocenters. The molecule has 154 valence electrons. The number of hydrogen-bond donors (Lipinski definition) is 2. The van der Waals surface area contributed by atoms with Gasteiger partial charge in [0.2, 0.25) is 5.91 Å². The highest BCUT2D eigenvalue weighted by Crippen LogP contribution is 2.33. The summed E-state index contributed by atoms with van der Waals surface area (Å²) in [6.07, 6.45) is 5.42. The lowest BCUT2D eigenvalue weighted by Crippen LogP contribution is -2.39. The second-order valence-corrected chi connectivity index (χ2v) is 8.22. The van der Waals surface area contributed by atoms with Crippen molar-refractivity contribution in [2.75, 3.05) is 7.11 Å². The molecule has 2 aromatic rings. The number of piperidine rings is 1. The highest BCUT2D eigenvalue weighted by atomic mass is 16.5. The highest BCUT2D eigenvalue weighted by Gasteiger charge is 2.34. The van der Waals surface area contributed by atoms with Crippen molar-refractivity contribution in [1.82, 2.24) is 10.6 Å². The summed E-state index contributed by atoms with van der Waals surface area (Å²) in [5.41, 5.74) is 2.12. The van der Waals surface area contributed by atoms with Crippen LogP contribution in [0, 0.1) is 5.92 Å². The number of fused-ring (bicyclic) bond motifs is 2. The summed E-state index contributed by atoms with van der Waals surface area (Å²) in [5.74, 6) is 2.04. The molecule has 2 bridgehead atoms. The zero-order valence-electron chi connectivity index (χ0n) is 17.0. The SMILES string of the molecule is COc1cc(CNC(=O)CC2CC3CCC(C2)N3)ccc1OCc1ccccc1. The molecular weight excluding hydrogens is 364 g/mol. The van der Waals surface area contributed by atoms with Crippen LogP contribution < -0.4 is 20.1 Å². The van der Waals surface area contributed by atoms with E-state index in [-0.39, 0.29) is 5.91 Å². The summed E-state index contributed by atoms with van der Waals surface area (Å²) in [5, 5.41) is 6.70. The van der Waals surface area contributed by atoms with Crippen LogP contribution in [0.15, 0.2) is 48.5 Å². The fourth-order valence-corrected chi connectivity index (χ4v) is 4.55. The van der Waals surface area contributed by atoms with Crippen LogP contribution in [0.2, 0.25) is 0 Å². The summed E-state index contributed by atoms with van der Waals surface area (Å²) in [7, 11) is 1.64. The van der Waals surface area contributed by atoms with Gasteiger partial charge in [-0.3, -0.25) is 4.79 Å². The van der Waals surface area contributed by atoms with Crippen LogP contribution in [0.25, 0.3) is 0 Å². The lowest BCUT2D eigenvalue weighted by Gasteiger charge is -2.28. The van der Waals surface area contributed by atoms with Gasteiger partial charge in [0.1, 0.15) is 6.61 Å². The molecule has 5 heteroatoms. The van der Waals surface area contributed by atoms with Gasteiger partial charge in [-0.25, -0.2) is 0 Å². The Hall–Kier alpha value is -2.53. The standard InChI is InChI=1S/C24H30N2O3/c1-28-23-13-18(7-10-22(23)29-16-17-5-3-2-4-6-17)15-25-24(27)14-19-11-20-8-9-21(12-19)26-20/h2-7,10,13,19-21,26H,8-9,11-12,14-16H2,1H3,(H,25,27). The molecule has 0 spiro atoms. The van der Waals surface area contributed by atoms with Gasteiger partial charge in [0, 0.05) is 25.0 Å². The summed E-state index contributed by atoms with van der Waals surface area (Å²) in [4.78, 5) is 12.4. The Bertz CT molecular complexity index is 812. The van der Waals surface area contributed by atoms with Crippen LogP contribution in [-0.2, 0) is 17.9 Å². The van der Waals surface area contributed by atoms with Gasteiger partial charge in [0.25, 0.3) is 0 Å². The Morgan fingerprint density at radius 1 is 1.03 bits per heavy atom. The Balaban J connectivity index is 1.27. The Morgan fingerprint density at radius 2 is 1.79 bits per heavy atom. The van der Waals surface area contributed by atoms with E-state index in [1.807, 2.05) is 48.5 Å².